The first-order valence-corrected chi connectivity index (χ1v) is 12.6. The SMILES string of the molecule is C=CCOc1cc(F)c(Cl)cc1[C@H](N[S@@](=O)C(C)(C)C)C1CCN(C(=O)OC(C)(C)C)CC1. The van der Waals surface area contributed by atoms with Crippen LogP contribution in [0.1, 0.15) is 66.0 Å². The number of hydrogen-bond donors (Lipinski definition) is 1. The summed E-state index contributed by atoms with van der Waals surface area (Å²) >= 11 is 6.13. The molecule has 6 nitrogen and oxygen atoms in total. The van der Waals surface area contributed by atoms with E-state index in [0.717, 1.165) is 0 Å². The maximum Gasteiger partial charge on any atom is 0.410 e. The second-order valence-corrected chi connectivity index (χ2v) is 12.6. The van der Waals surface area contributed by atoms with Crippen molar-refractivity contribution >= 4 is 28.7 Å². The number of carbonyl (C=O) groups excluding carboxylic acids is 1. The molecule has 0 aliphatic carbocycles. The summed E-state index contributed by atoms with van der Waals surface area (Å²) < 4.78 is 41.2. The number of carbonyl (C=O) groups is 1. The fourth-order valence-electron chi connectivity index (χ4n) is 3.51. The Morgan fingerprint density at radius 3 is 2.42 bits per heavy atom. The van der Waals surface area contributed by atoms with Crippen LogP contribution in [0.3, 0.4) is 0 Å². The molecule has 0 bridgehead atoms. The Bertz CT molecular complexity index is 874. The molecule has 1 heterocycles. The molecule has 1 N–H and O–H groups in total. The number of likely N-dealkylation sites (tertiary alicyclic amines) is 1. The van der Waals surface area contributed by atoms with Crippen molar-refractivity contribution in [3.8, 4) is 5.75 Å². The Labute approximate surface area is 204 Å². The van der Waals surface area contributed by atoms with Crippen LogP contribution >= 0.6 is 11.6 Å². The van der Waals surface area contributed by atoms with Gasteiger partial charge in [-0.2, -0.15) is 0 Å². The average Bonchev–Trinajstić information content (AvgIpc) is 2.70. The third-order valence-electron chi connectivity index (χ3n) is 5.20. The Hall–Kier alpha value is -1.64. The van der Waals surface area contributed by atoms with Gasteiger partial charge in [0.1, 0.15) is 23.8 Å². The minimum atomic E-state index is -1.39. The Kier molecular flexibility index (Phi) is 9.36. The molecule has 1 aliphatic rings. The molecular weight excluding hydrogens is 467 g/mol. The summed E-state index contributed by atoms with van der Waals surface area (Å²) in [5.74, 6) is -0.243. The van der Waals surface area contributed by atoms with Gasteiger partial charge in [-0.05, 0) is 66.4 Å². The molecule has 0 aromatic heterocycles. The molecule has 1 aromatic carbocycles. The van der Waals surface area contributed by atoms with Crippen molar-refractivity contribution < 1.29 is 22.9 Å². The molecule has 33 heavy (non-hydrogen) atoms. The van der Waals surface area contributed by atoms with Gasteiger partial charge in [0, 0.05) is 24.7 Å². The quantitative estimate of drug-likeness (QED) is 0.479. The zero-order valence-electron chi connectivity index (χ0n) is 20.4. The maximum absolute atomic E-state index is 14.2. The van der Waals surface area contributed by atoms with E-state index in [-0.39, 0.29) is 23.6 Å². The van der Waals surface area contributed by atoms with Crippen molar-refractivity contribution in [2.45, 2.75) is 70.8 Å². The summed E-state index contributed by atoms with van der Waals surface area (Å²) in [6.07, 6.45) is 2.52. The van der Waals surface area contributed by atoms with E-state index >= 15 is 0 Å². The fourth-order valence-corrected chi connectivity index (χ4v) is 4.58. The molecule has 186 valence electrons. The summed E-state index contributed by atoms with van der Waals surface area (Å²) in [5, 5.41) is -0.0320. The van der Waals surface area contributed by atoms with Gasteiger partial charge in [0.25, 0.3) is 0 Å². The Morgan fingerprint density at radius 2 is 1.91 bits per heavy atom. The molecule has 9 heteroatoms. The van der Waals surface area contributed by atoms with Gasteiger partial charge in [0.15, 0.2) is 0 Å². The summed E-state index contributed by atoms with van der Waals surface area (Å²) in [6, 6.07) is 2.38. The maximum atomic E-state index is 14.2. The van der Waals surface area contributed by atoms with Crippen molar-refractivity contribution in [3.05, 3.63) is 41.2 Å². The molecule has 0 saturated carbocycles. The van der Waals surface area contributed by atoms with Crippen molar-refractivity contribution in [1.82, 2.24) is 9.62 Å². The lowest BCUT2D eigenvalue weighted by Gasteiger charge is -2.38. The van der Waals surface area contributed by atoms with E-state index in [1.54, 1.807) is 11.0 Å². The fraction of sp³-hybridized carbons (Fsp3) is 0.625. The zero-order valence-corrected chi connectivity index (χ0v) is 21.9. The number of ether oxygens (including phenoxy) is 2. The van der Waals surface area contributed by atoms with Crippen molar-refractivity contribution in [3.63, 3.8) is 0 Å². The van der Waals surface area contributed by atoms with Crippen LogP contribution in [0.2, 0.25) is 5.02 Å². The molecule has 0 spiro atoms. The van der Waals surface area contributed by atoms with Crippen molar-refractivity contribution in [1.29, 1.82) is 0 Å². The number of nitrogens with one attached hydrogen (secondary N) is 1. The van der Waals surface area contributed by atoms with E-state index in [9.17, 15) is 13.4 Å². The third-order valence-corrected chi connectivity index (χ3v) is 7.07. The topological polar surface area (TPSA) is 67.9 Å². The van der Waals surface area contributed by atoms with Gasteiger partial charge >= 0.3 is 6.09 Å². The number of hydrogen-bond acceptors (Lipinski definition) is 4. The molecule has 0 unspecified atom stereocenters. The molecule has 1 aliphatic heterocycles. The summed E-state index contributed by atoms with van der Waals surface area (Å²) in [7, 11) is -1.39. The highest BCUT2D eigenvalue weighted by Gasteiger charge is 2.35. The molecule has 1 aromatic rings. The molecule has 0 radical (unpaired) electrons. The zero-order chi connectivity index (χ0) is 25.0. The summed E-state index contributed by atoms with van der Waals surface area (Å²) in [4.78, 5) is 14.2. The lowest BCUT2D eigenvalue weighted by atomic mass is 9.85. The van der Waals surface area contributed by atoms with Crippen LogP contribution < -0.4 is 9.46 Å². The second kappa shape index (κ2) is 11.2. The molecule has 1 saturated heterocycles. The van der Waals surface area contributed by atoms with Crippen LogP contribution in [0.4, 0.5) is 9.18 Å². The van der Waals surface area contributed by atoms with Crippen LogP contribution in [-0.4, -0.2) is 45.2 Å². The van der Waals surface area contributed by atoms with Gasteiger partial charge in [-0.25, -0.2) is 18.1 Å². The highest BCUT2D eigenvalue weighted by atomic mass is 35.5. The highest BCUT2D eigenvalue weighted by Crippen LogP contribution is 2.39. The predicted molar refractivity (Wildman–Crippen MR) is 131 cm³/mol. The Morgan fingerprint density at radius 1 is 1.30 bits per heavy atom. The largest absolute Gasteiger partial charge is 0.489 e. The van der Waals surface area contributed by atoms with E-state index < -0.39 is 33.2 Å². The highest BCUT2D eigenvalue weighted by molar-refractivity contribution is 7.84. The van der Waals surface area contributed by atoms with Crippen molar-refractivity contribution in [2.24, 2.45) is 5.92 Å². The van der Waals surface area contributed by atoms with E-state index in [1.807, 2.05) is 41.5 Å². The minimum Gasteiger partial charge on any atom is -0.489 e. The first-order valence-electron chi connectivity index (χ1n) is 11.1. The molecule has 2 rings (SSSR count). The van der Waals surface area contributed by atoms with Gasteiger partial charge < -0.3 is 14.4 Å². The first-order chi connectivity index (χ1) is 15.2. The van der Waals surface area contributed by atoms with Gasteiger partial charge in [-0.1, -0.05) is 24.3 Å². The normalized spacial score (nSPS) is 17.4. The average molecular weight is 503 g/mol. The molecule has 1 amide bonds. The standard InChI is InChI=1S/C24H36ClFN2O4S/c1-8-13-31-20-15-19(26)18(25)14-17(20)21(27-33(30)24(5,6)7)16-9-11-28(12-10-16)22(29)32-23(2,3)4/h8,14-16,21,27H,1,9-13H2,2-7H3/t21-,33+/m1/s1. The molecular formula is C24H36ClFN2O4S. The van der Waals surface area contributed by atoms with Gasteiger partial charge in [-0.3, -0.25) is 0 Å². The van der Waals surface area contributed by atoms with E-state index in [2.05, 4.69) is 11.3 Å². The molecule has 1 fully saturated rings. The second-order valence-electron chi connectivity index (χ2n) is 10.2. The van der Waals surface area contributed by atoms with Crippen LogP contribution in [0.25, 0.3) is 0 Å². The number of nitrogens with zero attached hydrogens (tertiary/aromatic N) is 1. The summed E-state index contributed by atoms with van der Waals surface area (Å²) in [5.41, 5.74) is 0.0701. The number of halogens is 2. The lowest BCUT2D eigenvalue weighted by Crippen LogP contribution is -2.45. The van der Waals surface area contributed by atoms with Crippen molar-refractivity contribution in [2.75, 3.05) is 19.7 Å². The number of piperidine rings is 1. The number of rotatable bonds is 7. The van der Waals surface area contributed by atoms with Crippen LogP contribution in [0.15, 0.2) is 24.8 Å². The molecule has 2 atom stereocenters. The third kappa shape index (κ3) is 7.97. The van der Waals surface area contributed by atoms with E-state index in [4.69, 9.17) is 21.1 Å². The predicted octanol–water partition coefficient (Wildman–Crippen LogP) is 5.78. The monoisotopic (exact) mass is 502 g/mol. The number of amides is 1. The smallest absolute Gasteiger partial charge is 0.410 e. The first kappa shape index (κ1) is 27.6. The van der Waals surface area contributed by atoms with Crippen LogP contribution in [0.5, 0.6) is 5.75 Å². The summed E-state index contributed by atoms with van der Waals surface area (Å²) in [6.45, 7) is 16.0. The van der Waals surface area contributed by atoms with Gasteiger partial charge in [0.05, 0.1) is 26.8 Å². The minimum absolute atomic E-state index is 0.0163. The van der Waals surface area contributed by atoms with Gasteiger partial charge in [-0.15, -0.1) is 0 Å². The van der Waals surface area contributed by atoms with Crippen LogP contribution in [0, 0.1) is 11.7 Å². The van der Waals surface area contributed by atoms with E-state index in [1.165, 1.54) is 12.1 Å². The van der Waals surface area contributed by atoms with E-state index in [0.29, 0.717) is 37.2 Å². The van der Waals surface area contributed by atoms with Gasteiger partial charge in [0.2, 0.25) is 0 Å². The number of benzene rings is 1. The van der Waals surface area contributed by atoms with Crippen LogP contribution in [-0.2, 0) is 15.7 Å². The Balaban J connectivity index is 2.33. The lowest BCUT2D eigenvalue weighted by molar-refractivity contribution is 0.0171.